The first-order valence-corrected chi connectivity index (χ1v) is 25.7. The molecule has 0 amide bonds. The molecule has 0 radical (unpaired) electrons. The number of benzene rings is 11. The van der Waals surface area contributed by atoms with Crippen LogP contribution in [0.4, 0.5) is 0 Å². The van der Waals surface area contributed by atoms with E-state index in [1.807, 2.05) is 0 Å². The predicted octanol–water partition coefficient (Wildman–Crippen LogP) is 18.7. The third-order valence-electron chi connectivity index (χ3n) is 15.2. The van der Waals surface area contributed by atoms with Crippen molar-refractivity contribution in [2.45, 2.75) is 0 Å². The highest BCUT2D eigenvalue weighted by Gasteiger charge is 2.20. The number of nitrogens with zero attached hydrogens (tertiary/aromatic N) is 4. The molecule has 0 bridgehead atoms. The summed E-state index contributed by atoms with van der Waals surface area (Å²) in [6.07, 6.45) is 0. The summed E-state index contributed by atoms with van der Waals surface area (Å²) < 4.78 is 7.24. The fourth-order valence-corrected chi connectivity index (χ4v) is 11.8. The highest BCUT2D eigenvalue weighted by Crippen LogP contribution is 2.40. The van der Waals surface area contributed by atoms with Crippen LogP contribution in [0, 0.1) is 0 Å². The zero-order valence-electron chi connectivity index (χ0n) is 40.8. The Morgan fingerprint density at radius 1 is 0.187 bits per heavy atom. The summed E-state index contributed by atoms with van der Waals surface area (Å²) in [4.78, 5) is 5.70. The van der Waals surface area contributed by atoms with Crippen molar-refractivity contribution in [3.05, 3.63) is 279 Å². The average molecular weight is 955 g/mol. The van der Waals surface area contributed by atoms with Crippen LogP contribution in [-0.2, 0) is 0 Å². The van der Waals surface area contributed by atoms with Crippen molar-refractivity contribution in [3.63, 3.8) is 0 Å². The van der Waals surface area contributed by atoms with Crippen LogP contribution < -0.4 is 0 Å². The first kappa shape index (κ1) is 42.6. The van der Waals surface area contributed by atoms with Gasteiger partial charge >= 0.3 is 0 Å². The van der Waals surface area contributed by atoms with Crippen LogP contribution in [0.2, 0.25) is 0 Å². The van der Waals surface area contributed by atoms with Gasteiger partial charge in [-0.15, -0.1) is 0 Å². The lowest BCUT2D eigenvalue weighted by Gasteiger charge is -2.17. The smallest absolute Gasteiger partial charge is 0.0717 e. The van der Waals surface area contributed by atoms with Crippen LogP contribution in [0.25, 0.3) is 138 Å². The van der Waals surface area contributed by atoms with Crippen LogP contribution >= 0.6 is 0 Å². The quantitative estimate of drug-likeness (QED) is 0.149. The molecule has 15 rings (SSSR count). The van der Waals surface area contributed by atoms with Gasteiger partial charge in [0.1, 0.15) is 0 Å². The molecule has 0 saturated carbocycles. The lowest BCUT2D eigenvalue weighted by Crippen LogP contribution is -2.01. The van der Waals surface area contributed by atoms with E-state index in [0.29, 0.717) is 0 Å². The minimum atomic E-state index is 0.887. The van der Waals surface area contributed by atoms with E-state index in [-0.39, 0.29) is 0 Å². The summed E-state index contributed by atoms with van der Waals surface area (Å²) in [5, 5.41) is 7.38. The molecule has 0 atom stereocenters. The molecule has 0 unspecified atom stereocenters. The van der Waals surface area contributed by atoms with E-state index in [1.54, 1.807) is 0 Å². The van der Waals surface area contributed by atoms with Gasteiger partial charge < -0.3 is 13.7 Å². The maximum atomic E-state index is 5.70. The van der Waals surface area contributed by atoms with Gasteiger partial charge in [0.2, 0.25) is 0 Å². The Bertz CT molecular complexity index is 4410. The maximum Gasteiger partial charge on any atom is 0.0717 e. The Morgan fingerprint density at radius 2 is 0.507 bits per heavy atom. The number of para-hydroxylation sites is 6. The third-order valence-corrected chi connectivity index (χ3v) is 15.2. The number of hydrogen-bond acceptors (Lipinski definition) is 1. The minimum absolute atomic E-state index is 0.887. The second-order valence-corrected chi connectivity index (χ2v) is 19.5. The summed E-state index contributed by atoms with van der Waals surface area (Å²) >= 11 is 0. The molecule has 0 N–H and O–H groups in total. The van der Waals surface area contributed by atoms with Gasteiger partial charge in [0.05, 0.1) is 44.5 Å². The van der Waals surface area contributed by atoms with Crippen LogP contribution in [-0.4, -0.2) is 18.7 Å². The molecule has 11 aromatic carbocycles. The Balaban J connectivity index is 0.943. The van der Waals surface area contributed by atoms with Crippen molar-refractivity contribution in [2.24, 2.45) is 0 Å². The molecular formula is C71H46N4. The second-order valence-electron chi connectivity index (χ2n) is 19.5. The zero-order chi connectivity index (χ0) is 49.4. The van der Waals surface area contributed by atoms with Gasteiger partial charge in [0.25, 0.3) is 0 Å². The number of rotatable bonds is 8. The fourth-order valence-electron chi connectivity index (χ4n) is 11.8. The minimum Gasteiger partial charge on any atom is -0.309 e. The van der Waals surface area contributed by atoms with Gasteiger partial charge in [-0.3, -0.25) is 0 Å². The summed E-state index contributed by atoms with van der Waals surface area (Å²) in [6, 6.07) is 101. The van der Waals surface area contributed by atoms with E-state index in [2.05, 4.69) is 293 Å². The molecule has 0 aliphatic rings. The molecule has 0 spiro atoms. The van der Waals surface area contributed by atoms with E-state index in [4.69, 9.17) is 4.98 Å². The topological polar surface area (TPSA) is 27.7 Å². The van der Waals surface area contributed by atoms with E-state index in [9.17, 15) is 0 Å². The molecule has 350 valence electrons. The SMILES string of the molecule is c1ccc(-c2ccc(-c3cc(-c4cccc(-c5cccc(-n6c7ccccc7c7ccccc76)c5)c4)nc(-c4cc(-n5c6ccccc6c6ccccc65)cc(-n5c6ccccc6c6ccccc65)c4)c3)cc2)cc1. The molecule has 4 nitrogen and oxygen atoms in total. The highest BCUT2D eigenvalue weighted by molar-refractivity contribution is 6.11. The Morgan fingerprint density at radius 3 is 0.973 bits per heavy atom. The largest absolute Gasteiger partial charge is 0.309 e. The van der Waals surface area contributed by atoms with E-state index in [1.165, 1.54) is 54.5 Å². The Kier molecular flexibility index (Phi) is 9.85. The summed E-state index contributed by atoms with van der Waals surface area (Å²) in [7, 11) is 0. The maximum absolute atomic E-state index is 5.70. The van der Waals surface area contributed by atoms with Gasteiger partial charge in [0, 0.05) is 60.5 Å². The molecular weight excluding hydrogens is 909 g/mol. The molecule has 4 heterocycles. The van der Waals surface area contributed by atoms with Gasteiger partial charge in [-0.2, -0.15) is 0 Å². The molecule has 75 heavy (non-hydrogen) atoms. The van der Waals surface area contributed by atoms with Gasteiger partial charge in [-0.05, 0) is 118 Å². The van der Waals surface area contributed by atoms with Crippen molar-refractivity contribution in [1.29, 1.82) is 0 Å². The molecule has 15 aromatic rings. The normalized spacial score (nSPS) is 11.7. The van der Waals surface area contributed by atoms with Crippen LogP contribution in [0.15, 0.2) is 279 Å². The van der Waals surface area contributed by atoms with E-state index >= 15 is 0 Å². The van der Waals surface area contributed by atoms with Gasteiger partial charge in [-0.25, -0.2) is 4.98 Å². The van der Waals surface area contributed by atoms with Crippen molar-refractivity contribution in [3.8, 4) is 73.0 Å². The van der Waals surface area contributed by atoms with Crippen molar-refractivity contribution >= 4 is 65.4 Å². The van der Waals surface area contributed by atoms with Crippen LogP contribution in [0.3, 0.4) is 0 Å². The first-order valence-electron chi connectivity index (χ1n) is 25.7. The second kappa shape index (κ2) is 17.3. The lowest BCUT2D eigenvalue weighted by atomic mass is 9.96. The molecule has 0 saturated heterocycles. The van der Waals surface area contributed by atoms with Crippen molar-refractivity contribution < 1.29 is 0 Å². The monoisotopic (exact) mass is 954 g/mol. The number of pyridine rings is 1. The number of fused-ring (bicyclic) bond motifs is 9. The van der Waals surface area contributed by atoms with Gasteiger partial charge in [0.15, 0.2) is 0 Å². The number of aromatic nitrogens is 4. The Labute approximate surface area is 433 Å². The Hall–Kier alpha value is -10.0. The average Bonchev–Trinajstić information content (AvgIpc) is 4.13. The van der Waals surface area contributed by atoms with E-state index < -0.39 is 0 Å². The third kappa shape index (κ3) is 7.10. The standard InChI is InChI=1S/C71H46N4/c1-2-18-47(19-3-1)48-36-38-49(39-37-48)53-44-64(52-22-16-20-50(40-52)51-21-17-23-55(41-51)73-66-30-10-4-24-58(66)59-25-5-11-31-67(59)73)72-65(45-53)54-42-56(74-68-32-12-6-26-60(68)61-27-7-13-33-69(61)74)46-57(43-54)75-70-34-14-8-28-62(70)63-29-9-15-35-71(63)75/h1-46H. The molecule has 0 fully saturated rings. The fraction of sp³-hybridized carbons (Fsp3) is 0. The first-order chi connectivity index (χ1) is 37.2. The highest BCUT2D eigenvalue weighted by atomic mass is 15.0. The molecule has 0 aliphatic heterocycles. The van der Waals surface area contributed by atoms with E-state index in [0.717, 1.165) is 83.9 Å². The number of hydrogen-bond donors (Lipinski definition) is 0. The summed E-state index contributed by atoms with van der Waals surface area (Å²) in [5.74, 6) is 0. The summed E-state index contributed by atoms with van der Waals surface area (Å²) in [5.41, 5.74) is 21.0. The molecule has 4 heteroatoms. The molecule has 0 aliphatic carbocycles. The predicted molar refractivity (Wildman–Crippen MR) is 314 cm³/mol. The molecule has 4 aromatic heterocycles. The summed E-state index contributed by atoms with van der Waals surface area (Å²) in [6.45, 7) is 0. The van der Waals surface area contributed by atoms with Crippen LogP contribution in [0.1, 0.15) is 0 Å². The van der Waals surface area contributed by atoms with Gasteiger partial charge in [-0.1, -0.05) is 194 Å². The zero-order valence-corrected chi connectivity index (χ0v) is 40.8. The lowest BCUT2D eigenvalue weighted by molar-refractivity contribution is 1.13. The van der Waals surface area contributed by atoms with Crippen LogP contribution in [0.5, 0.6) is 0 Å². The van der Waals surface area contributed by atoms with Crippen molar-refractivity contribution in [1.82, 2.24) is 18.7 Å². The van der Waals surface area contributed by atoms with Crippen molar-refractivity contribution in [2.75, 3.05) is 0 Å².